The summed E-state index contributed by atoms with van der Waals surface area (Å²) >= 11 is 6.50. The predicted octanol–water partition coefficient (Wildman–Crippen LogP) is 3.29. The average Bonchev–Trinajstić information content (AvgIpc) is 3.83. The van der Waals surface area contributed by atoms with E-state index in [1.807, 2.05) is 6.92 Å². The number of benzene rings is 1. The van der Waals surface area contributed by atoms with E-state index in [0.29, 0.717) is 21.7 Å². The van der Waals surface area contributed by atoms with Crippen molar-refractivity contribution in [3.05, 3.63) is 97.8 Å². The molecule has 14 heteroatoms. The van der Waals surface area contributed by atoms with Crippen molar-refractivity contribution in [1.29, 1.82) is 0 Å². The van der Waals surface area contributed by atoms with Crippen LogP contribution in [0.3, 0.4) is 0 Å². The van der Waals surface area contributed by atoms with Gasteiger partial charge in [0.2, 0.25) is 0 Å². The monoisotopic (exact) mass is 614 g/mol. The van der Waals surface area contributed by atoms with E-state index in [4.69, 9.17) is 11.6 Å². The van der Waals surface area contributed by atoms with Gasteiger partial charge in [-0.15, -0.1) is 0 Å². The third kappa shape index (κ3) is 6.07. The molecule has 2 aliphatic rings. The molecule has 2 heterocycles. The first kappa shape index (κ1) is 30.4. The van der Waals surface area contributed by atoms with Gasteiger partial charge >= 0.3 is 6.10 Å². The number of amides is 1. The van der Waals surface area contributed by atoms with Gasteiger partial charge in [-0.05, 0) is 62.3 Å². The highest BCUT2D eigenvalue weighted by Gasteiger charge is 2.51. The second kappa shape index (κ2) is 11.6. The van der Waals surface area contributed by atoms with Crippen LogP contribution in [0.25, 0.3) is 6.20 Å². The first-order valence-corrected chi connectivity index (χ1v) is 13.9. The normalized spacial score (nSPS) is 21.0. The number of aliphatic hydroxyl groups is 3. The van der Waals surface area contributed by atoms with E-state index in [1.165, 1.54) is 36.7 Å². The fourth-order valence-electron chi connectivity index (χ4n) is 5.08. The SMILES string of the molecule is C/C=C/N=C(/C(F)=C/n1c(C)cc(C2C(c3cnn(C(O)(O)O)n3)[C@H]2C)c(Cl)c1=O)c1cccc(C(=O)NC2CC2)c1F. The lowest BCUT2D eigenvalue weighted by molar-refractivity contribution is -0.387. The van der Waals surface area contributed by atoms with Gasteiger partial charge in [-0.3, -0.25) is 19.1 Å². The molecule has 0 saturated heterocycles. The van der Waals surface area contributed by atoms with E-state index in [1.54, 1.807) is 19.9 Å². The van der Waals surface area contributed by atoms with E-state index in [2.05, 4.69) is 20.5 Å². The van der Waals surface area contributed by atoms with Gasteiger partial charge in [-0.25, -0.2) is 8.78 Å². The average molecular weight is 615 g/mol. The molecular formula is C29H29ClF2N6O5. The Morgan fingerprint density at radius 3 is 2.56 bits per heavy atom. The summed E-state index contributed by atoms with van der Waals surface area (Å²) in [5.74, 6) is -3.24. The number of aromatic nitrogens is 4. The van der Waals surface area contributed by atoms with Crippen molar-refractivity contribution < 1.29 is 28.9 Å². The van der Waals surface area contributed by atoms with Gasteiger partial charge in [0.15, 0.2) is 5.83 Å². The van der Waals surface area contributed by atoms with Gasteiger partial charge in [0, 0.05) is 29.4 Å². The van der Waals surface area contributed by atoms with Crippen LogP contribution in [0.2, 0.25) is 5.02 Å². The van der Waals surface area contributed by atoms with Crippen molar-refractivity contribution in [2.75, 3.05) is 0 Å². The van der Waals surface area contributed by atoms with Gasteiger partial charge in [0.05, 0.1) is 23.7 Å². The van der Waals surface area contributed by atoms with Crippen molar-refractivity contribution in [2.45, 2.75) is 57.6 Å². The molecule has 3 atom stereocenters. The number of carbonyl (C=O) groups is 1. The smallest absolute Gasteiger partial charge is 0.349 e. The van der Waals surface area contributed by atoms with E-state index in [-0.39, 0.29) is 39.9 Å². The lowest BCUT2D eigenvalue weighted by atomic mass is 10.0. The van der Waals surface area contributed by atoms with Crippen LogP contribution in [0.15, 0.2) is 58.4 Å². The third-order valence-corrected chi connectivity index (χ3v) is 7.87. The molecule has 1 aromatic carbocycles. The van der Waals surface area contributed by atoms with E-state index in [9.17, 15) is 24.9 Å². The number of hydrogen-bond acceptors (Lipinski definition) is 8. The summed E-state index contributed by atoms with van der Waals surface area (Å²) in [7, 11) is 0. The van der Waals surface area contributed by atoms with Gasteiger partial charge in [-0.1, -0.05) is 35.5 Å². The molecule has 2 aromatic heterocycles. The Hall–Kier alpha value is -4.04. The largest absolute Gasteiger partial charge is 0.405 e. The molecule has 2 saturated carbocycles. The van der Waals surface area contributed by atoms with Crippen LogP contribution in [0.4, 0.5) is 8.78 Å². The van der Waals surface area contributed by atoms with E-state index in [0.717, 1.165) is 23.6 Å². The Balaban J connectivity index is 1.48. The fraction of sp³-hybridized carbons (Fsp3) is 0.345. The minimum absolute atomic E-state index is 0.00473. The number of rotatable bonds is 9. The quantitative estimate of drug-likeness (QED) is 0.213. The predicted molar refractivity (Wildman–Crippen MR) is 153 cm³/mol. The number of halogens is 3. The number of pyridine rings is 1. The van der Waals surface area contributed by atoms with Gasteiger partial charge in [-0.2, -0.15) is 10.2 Å². The number of aliphatic imine (C=N–C) groups is 1. The summed E-state index contributed by atoms with van der Waals surface area (Å²) in [5.41, 5.74) is -0.502. The summed E-state index contributed by atoms with van der Waals surface area (Å²) in [4.78, 5) is 30.3. The molecule has 0 spiro atoms. The molecule has 5 rings (SSSR count). The van der Waals surface area contributed by atoms with Crippen LogP contribution in [-0.4, -0.2) is 52.5 Å². The lowest BCUT2D eigenvalue weighted by Crippen LogP contribution is -2.34. The van der Waals surface area contributed by atoms with Crippen molar-refractivity contribution >= 4 is 29.4 Å². The van der Waals surface area contributed by atoms with E-state index >= 15 is 8.78 Å². The number of carbonyl (C=O) groups excluding carboxylic acids is 1. The summed E-state index contributed by atoms with van der Waals surface area (Å²) in [5, 5.41) is 38.1. The Labute approximate surface area is 249 Å². The van der Waals surface area contributed by atoms with Crippen LogP contribution in [0.5, 0.6) is 0 Å². The molecule has 2 fully saturated rings. The van der Waals surface area contributed by atoms with Crippen LogP contribution < -0.4 is 10.9 Å². The molecule has 2 aliphatic carbocycles. The summed E-state index contributed by atoms with van der Waals surface area (Å²) in [6.07, 6.45) is 3.29. The molecule has 11 nitrogen and oxygen atoms in total. The van der Waals surface area contributed by atoms with Crippen LogP contribution in [0, 0.1) is 18.7 Å². The number of aryl methyl sites for hydroxylation is 1. The maximum Gasteiger partial charge on any atom is 0.405 e. The first-order chi connectivity index (χ1) is 20.3. The van der Waals surface area contributed by atoms with Crippen molar-refractivity contribution in [1.82, 2.24) is 24.9 Å². The molecule has 0 aliphatic heterocycles. The summed E-state index contributed by atoms with van der Waals surface area (Å²) in [6, 6.07) is 5.65. The van der Waals surface area contributed by atoms with Crippen molar-refractivity contribution in [2.24, 2.45) is 10.9 Å². The van der Waals surface area contributed by atoms with Crippen molar-refractivity contribution in [3.8, 4) is 0 Å². The highest BCUT2D eigenvalue weighted by atomic mass is 35.5. The van der Waals surface area contributed by atoms with Gasteiger partial charge in [0.1, 0.15) is 16.6 Å². The Bertz CT molecular complexity index is 1740. The summed E-state index contributed by atoms with van der Waals surface area (Å²) in [6.45, 7) is 5.10. The topological polar surface area (TPSA) is 155 Å². The molecule has 3 aromatic rings. The first-order valence-electron chi connectivity index (χ1n) is 13.5. The minimum Gasteiger partial charge on any atom is -0.349 e. The third-order valence-electron chi connectivity index (χ3n) is 7.49. The number of allylic oxidation sites excluding steroid dienone is 2. The number of hydrogen-bond donors (Lipinski definition) is 4. The Morgan fingerprint density at radius 1 is 1.23 bits per heavy atom. The Kier molecular flexibility index (Phi) is 8.18. The molecule has 0 radical (unpaired) electrons. The molecule has 1 amide bonds. The molecule has 226 valence electrons. The molecule has 2 unspecified atom stereocenters. The highest BCUT2D eigenvalue weighted by Crippen LogP contribution is 2.60. The van der Waals surface area contributed by atoms with E-state index < -0.39 is 34.9 Å². The second-order valence-corrected chi connectivity index (χ2v) is 11.0. The minimum atomic E-state index is -3.26. The van der Waals surface area contributed by atoms with Crippen molar-refractivity contribution in [3.63, 3.8) is 0 Å². The number of nitrogens with one attached hydrogen (secondary N) is 1. The van der Waals surface area contributed by atoms with Gasteiger partial charge < -0.3 is 20.6 Å². The van der Waals surface area contributed by atoms with Crippen LogP contribution >= 0.6 is 11.6 Å². The summed E-state index contributed by atoms with van der Waals surface area (Å²) < 4.78 is 32.4. The highest BCUT2D eigenvalue weighted by molar-refractivity contribution is 6.31. The standard InChI is InChI=1S/C29H29ClF2N6O5/c1-4-10-33-26(17-6-5-7-18(25(17)32)27(39)35-16-8-9-16)20(31)13-37-14(2)11-19(24(30)28(37)40)22-15(3)23(22)21-12-34-38(36-21)29(41,42)43/h4-7,10-13,15-16,22-23,41-43H,8-9H2,1-3H3,(H,35,39)/b10-4+,20-13-,33-26+/t15-,22?,23?/m0/s1. The Morgan fingerprint density at radius 2 is 1.93 bits per heavy atom. The molecule has 43 heavy (non-hydrogen) atoms. The van der Waals surface area contributed by atoms with Crippen LogP contribution in [-0.2, 0) is 6.10 Å². The maximum atomic E-state index is 15.8. The lowest BCUT2D eigenvalue weighted by Gasteiger charge is -2.13. The fourth-order valence-corrected chi connectivity index (χ4v) is 5.35. The molecule has 4 N–H and O–H groups in total. The zero-order chi connectivity index (χ0) is 31.2. The zero-order valence-electron chi connectivity index (χ0n) is 23.4. The second-order valence-electron chi connectivity index (χ2n) is 10.7. The molecule has 0 bridgehead atoms. The zero-order valence-corrected chi connectivity index (χ0v) is 24.1. The molecular weight excluding hydrogens is 586 g/mol. The number of nitrogens with zero attached hydrogens (tertiary/aromatic N) is 5. The maximum absolute atomic E-state index is 15.8. The van der Waals surface area contributed by atoms with Crippen LogP contribution in [0.1, 0.15) is 71.4 Å². The van der Waals surface area contributed by atoms with Gasteiger partial charge in [0.25, 0.3) is 11.5 Å².